The van der Waals surface area contributed by atoms with Gasteiger partial charge in [-0.15, -0.1) is 0 Å². The number of hydrogen-bond acceptors (Lipinski definition) is 6. The number of pyridine rings is 1. The van der Waals surface area contributed by atoms with Gasteiger partial charge in [0, 0.05) is 18.0 Å². The van der Waals surface area contributed by atoms with Crippen molar-refractivity contribution in [2.24, 2.45) is 5.92 Å². The predicted octanol–water partition coefficient (Wildman–Crippen LogP) is 3.87. The van der Waals surface area contributed by atoms with Crippen LogP contribution < -0.4 is 5.32 Å². The highest BCUT2D eigenvalue weighted by atomic mass is 79.9. The van der Waals surface area contributed by atoms with Gasteiger partial charge in [0.05, 0.1) is 10.2 Å². The van der Waals surface area contributed by atoms with E-state index in [-0.39, 0.29) is 17.7 Å². The second-order valence-corrected chi connectivity index (χ2v) is 7.64. The van der Waals surface area contributed by atoms with Crippen LogP contribution in [0.5, 0.6) is 0 Å². The minimum atomic E-state index is -0.443. The Labute approximate surface area is 165 Å². The van der Waals surface area contributed by atoms with Gasteiger partial charge < -0.3 is 9.84 Å². The lowest BCUT2D eigenvalue weighted by Crippen LogP contribution is -2.32. The van der Waals surface area contributed by atoms with E-state index in [1.54, 1.807) is 18.5 Å². The fourth-order valence-corrected chi connectivity index (χ4v) is 3.39. The molecule has 0 saturated carbocycles. The van der Waals surface area contributed by atoms with Crippen LogP contribution in [-0.2, 0) is 0 Å². The lowest BCUT2D eigenvalue weighted by molar-refractivity contribution is 0.0908. The average Bonchev–Trinajstić information content (AvgIpc) is 3.27. The fourth-order valence-electron chi connectivity index (χ4n) is 2.57. The zero-order chi connectivity index (χ0) is 19.6. The number of nitrogens with zero attached hydrogens (tertiary/aromatic N) is 4. The number of rotatable bonds is 6. The quantitative estimate of drug-likeness (QED) is 0.611. The van der Waals surface area contributed by atoms with Crippen LogP contribution in [0.25, 0.3) is 11.4 Å². The van der Waals surface area contributed by atoms with Crippen molar-refractivity contribution in [3.63, 3.8) is 0 Å². The zero-order valence-corrected chi connectivity index (χ0v) is 17.1. The third-order valence-corrected chi connectivity index (χ3v) is 4.91. The maximum atomic E-state index is 12.7. The number of nitrogens with one attached hydrogen (secondary N) is 2. The summed E-state index contributed by atoms with van der Waals surface area (Å²) in [7, 11) is 0. The summed E-state index contributed by atoms with van der Waals surface area (Å²) in [5, 5.41) is 14.0. The number of carbonyl (C=O) groups excluding carboxylic acids is 1. The molecule has 0 spiro atoms. The molecule has 0 saturated heterocycles. The summed E-state index contributed by atoms with van der Waals surface area (Å²) in [6, 6.07) is 3.20. The highest BCUT2D eigenvalue weighted by Crippen LogP contribution is 2.27. The molecule has 3 aromatic heterocycles. The molecule has 9 heteroatoms. The molecule has 2 N–H and O–H groups in total. The van der Waals surface area contributed by atoms with E-state index in [1.807, 2.05) is 33.8 Å². The Kier molecular flexibility index (Phi) is 5.69. The van der Waals surface area contributed by atoms with E-state index < -0.39 is 6.04 Å². The largest absolute Gasteiger partial charge is 0.339 e. The molecule has 0 aliphatic heterocycles. The van der Waals surface area contributed by atoms with E-state index in [1.165, 1.54) is 0 Å². The van der Waals surface area contributed by atoms with Crippen LogP contribution in [0.4, 0.5) is 0 Å². The second-order valence-electron chi connectivity index (χ2n) is 6.85. The summed E-state index contributed by atoms with van der Waals surface area (Å²) in [4.78, 5) is 21.2. The Morgan fingerprint density at radius 2 is 2.07 bits per heavy atom. The van der Waals surface area contributed by atoms with Crippen LogP contribution in [0.15, 0.2) is 33.5 Å². The van der Waals surface area contributed by atoms with Crippen LogP contribution in [0.2, 0.25) is 0 Å². The molecule has 0 aromatic carbocycles. The van der Waals surface area contributed by atoms with Crippen LogP contribution >= 0.6 is 15.9 Å². The van der Waals surface area contributed by atoms with Crippen molar-refractivity contribution in [1.29, 1.82) is 0 Å². The minimum absolute atomic E-state index is 0.0402. The molecule has 3 aromatic rings. The molecule has 27 heavy (non-hydrogen) atoms. The van der Waals surface area contributed by atoms with Crippen molar-refractivity contribution < 1.29 is 9.32 Å². The lowest BCUT2D eigenvalue weighted by atomic mass is 10.0. The number of carbonyl (C=O) groups is 1. The van der Waals surface area contributed by atoms with Crippen LogP contribution in [-0.4, -0.2) is 31.2 Å². The van der Waals surface area contributed by atoms with Gasteiger partial charge in [-0.1, -0.05) is 32.9 Å². The minimum Gasteiger partial charge on any atom is -0.339 e. The number of aromatic amines is 1. The van der Waals surface area contributed by atoms with Gasteiger partial charge >= 0.3 is 0 Å². The van der Waals surface area contributed by atoms with Gasteiger partial charge in [-0.25, -0.2) is 0 Å². The van der Waals surface area contributed by atoms with Crippen molar-refractivity contribution in [1.82, 2.24) is 30.6 Å². The molecular weight excluding hydrogens is 412 g/mol. The molecule has 0 fully saturated rings. The molecule has 0 bridgehead atoms. The maximum absolute atomic E-state index is 12.7. The molecule has 8 nitrogen and oxygen atoms in total. The van der Waals surface area contributed by atoms with E-state index in [2.05, 4.69) is 46.6 Å². The van der Waals surface area contributed by atoms with E-state index in [0.29, 0.717) is 21.9 Å². The Balaban J connectivity index is 1.83. The van der Waals surface area contributed by atoms with E-state index in [9.17, 15) is 4.79 Å². The summed E-state index contributed by atoms with van der Waals surface area (Å²) < 4.78 is 6.08. The third kappa shape index (κ3) is 4.08. The summed E-state index contributed by atoms with van der Waals surface area (Å²) in [6.07, 6.45) is 3.33. The van der Waals surface area contributed by atoms with Crippen molar-refractivity contribution in [3.8, 4) is 11.4 Å². The topological polar surface area (TPSA) is 110 Å². The molecule has 1 amide bonds. The second kappa shape index (κ2) is 7.99. The Morgan fingerprint density at radius 3 is 2.67 bits per heavy atom. The van der Waals surface area contributed by atoms with E-state index in [4.69, 9.17) is 4.52 Å². The van der Waals surface area contributed by atoms with E-state index in [0.717, 1.165) is 11.3 Å². The summed E-state index contributed by atoms with van der Waals surface area (Å²) in [5.74, 6) is 0.713. The monoisotopic (exact) mass is 432 g/mol. The highest BCUT2D eigenvalue weighted by Gasteiger charge is 2.28. The molecule has 3 heterocycles. The van der Waals surface area contributed by atoms with Crippen molar-refractivity contribution in [2.45, 2.75) is 39.7 Å². The van der Waals surface area contributed by atoms with Crippen molar-refractivity contribution in [2.75, 3.05) is 0 Å². The average molecular weight is 433 g/mol. The fraction of sp³-hybridized carbons (Fsp3) is 0.389. The van der Waals surface area contributed by atoms with Crippen molar-refractivity contribution >= 4 is 21.8 Å². The molecular formula is C18H21BrN6O2. The first-order valence-electron chi connectivity index (χ1n) is 8.67. The third-order valence-electron chi connectivity index (χ3n) is 4.11. The lowest BCUT2D eigenvalue weighted by Gasteiger charge is -2.18. The van der Waals surface area contributed by atoms with Gasteiger partial charge in [-0.2, -0.15) is 10.1 Å². The van der Waals surface area contributed by atoms with Gasteiger partial charge in [0.15, 0.2) is 5.69 Å². The smallest absolute Gasteiger partial charge is 0.273 e. The van der Waals surface area contributed by atoms with Crippen LogP contribution in [0.3, 0.4) is 0 Å². The molecule has 0 aliphatic carbocycles. The SMILES string of the molecule is CC(C)c1[nH]nc(C(=O)NC(c2nc(-c3cccnc3)no2)C(C)C)c1Br. The van der Waals surface area contributed by atoms with Crippen LogP contribution in [0.1, 0.15) is 61.7 Å². The highest BCUT2D eigenvalue weighted by molar-refractivity contribution is 9.10. The van der Waals surface area contributed by atoms with Gasteiger partial charge in [0.25, 0.3) is 5.91 Å². The van der Waals surface area contributed by atoms with Gasteiger partial charge in [-0.05, 0) is 39.9 Å². The maximum Gasteiger partial charge on any atom is 0.273 e. The standard InChI is InChI=1S/C18H21BrN6O2/c1-9(2)13-12(19)15(24-23-13)17(26)21-14(10(3)4)18-22-16(25-27-18)11-6-5-7-20-8-11/h5-10,14H,1-4H3,(H,21,26)(H,23,24). The molecule has 142 valence electrons. The molecule has 0 radical (unpaired) electrons. The first-order chi connectivity index (χ1) is 12.9. The molecule has 0 aliphatic rings. The summed E-state index contributed by atoms with van der Waals surface area (Å²) in [6.45, 7) is 7.99. The Bertz CT molecular complexity index is 919. The Hall–Kier alpha value is -2.55. The Morgan fingerprint density at radius 1 is 1.30 bits per heavy atom. The number of aromatic nitrogens is 5. The van der Waals surface area contributed by atoms with Gasteiger partial charge in [0.2, 0.25) is 11.7 Å². The number of hydrogen-bond donors (Lipinski definition) is 2. The van der Waals surface area contributed by atoms with Crippen molar-refractivity contribution in [3.05, 3.63) is 46.3 Å². The number of H-pyrrole nitrogens is 1. The summed E-state index contributed by atoms with van der Waals surface area (Å²) in [5.41, 5.74) is 1.92. The van der Waals surface area contributed by atoms with Gasteiger partial charge in [0.1, 0.15) is 6.04 Å². The predicted molar refractivity (Wildman–Crippen MR) is 103 cm³/mol. The van der Waals surface area contributed by atoms with E-state index >= 15 is 0 Å². The normalized spacial score (nSPS) is 12.6. The van der Waals surface area contributed by atoms with Gasteiger partial charge in [-0.3, -0.25) is 14.9 Å². The van der Waals surface area contributed by atoms with Crippen LogP contribution in [0, 0.1) is 5.92 Å². The molecule has 1 atom stereocenters. The number of halogens is 1. The molecule has 1 unspecified atom stereocenters. The zero-order valence-electron chi connectivity index (χ0n) is 15.5. The first-order valence-corrected chi connectivity index (χ1v) is 9.46. The first kappa shape index (κ1) is 19.2. The summed E-state index contributed by atoms with van der Waals surface area (Å²) >= 11 is 3.46. The molecule has 3 rings (SSSR count). The number of amides is 1.